The largest absolute Gasteiger partial charge is 0.392 e. The van der Waals surface area contributed by atoms with Crippen LogP contribution in [0.2, 0.25) is 0 Å². The van der Waals surface area contributed by atoms with E-state index in [4.69, 9.17) is 31.4 Å². The zero-order valence-corrected chi connectivity index (χ0v) is 22.3. The molecule has 0 bridgehead atoms. The van der Waals surface area contributed by atoms with E-state index >= 15 is 0 Å². The van der Waals surface area contributed by atoms with Crippen molar-refractivity contribution >= 4 is 0 Å². The summed E-state index contributed by atoms with van der Waals surface area (Å²) in [6, 6.07) is 0. The average Bonchev–Trinajstić information content (AvgIpc) is 3.15. The van der Waals surface area contributed by atoms with Crippen molar-refractivity contribution in [3.05, 3.63) is 0 Å². The highest BCUT2D eigenvalue weighted by Gasteiger charge is 2.66. The summed E-state index contributed by atoms with van der Waals surface area (Å²) < 4.78 is 19.5. The van der Waals surface area contributed by atoms with Crippen LogP contribution in [0.25, 0.3) is 0 Å². The quantitative estimate of drug-likeness (QED) is 0.307. The molecule has 0 aromatic heterocycles. The Hall–Kier alpha value is -0.280. The van der Waals surface area contributed by atoms with Crippen molar-refractivity contribution in [3.63, 3.8) is 0 Å². The Morgan fingerprint density at radius 1 is 0.771 bits per heavy atom. The van der Waals surface area contributed by atoms with Gasteiger partial charge < -0.3 is 36.5 Å². The number of hydrogen-bond donors (Lipinski definition) is 4. The second-order valence-electron chi connectivity index (χ2n) is 12.4. The van der Waals surface area contributed by atoms with Crippen LogP contribution < -0.4 is 17.2 Å². The lowest BCUT2D eigenvalue weighted by Gasteiger charge is -2.64. The van der Waals surface area contributed by atoms with Crippen molar-refractivity contribution in [2.75, 3.05) is 39.5 Å². The second kappa shape index (κ2) is 12.1. The Morgan fingerprint density at radius 2 is 1.43 bits per heavy atom. The highest BCUT2D eigenvalue weighted by Crippen LogP contribution is 2.67. The van der Waals surface area contributed by atoms with Gasteiger partial charge >= 0.3 is 0 Å². The zero-order valence-electron chi connectivity index (χ0n) is 22.3. The lowest BCUT2D eigenvalue weighted by atomic mass is 9.43. The van der Waals surface area contributed by atoms with Gasteiger partial charge in [0.25, 0.3) is 0 Å². The van der Waals surface area contributed by atoms with E-state index in [1.54, 1.807) is 0 Å². The SMILES string of the molecule is CC12CC[C@@H](OCCCN)CC1CC(OCCCN)C1[C@@H]2C[C@H](OCCCN)[C@@]2(C)C(O)CC[C@@H]12. The molecule has 0 aromatic carbocycles. The Balaban J connectivity index is 1.60. The van der Waals surface area contributed by atoms with Crippen molar-refractivity contribution in [2.24, 2.45) is 51.7 Å². The molecule has 4 aliphatic rings. The number of aliphatic hydroxyl groups is 1. The summed E-state index contributed by atoms with van der Waals surface area (Å²) in [4.78, 5) is 0. The summed E-state index contributed by atoms with van der Waals surface area (Å²) in [5, 5.41) is 11.2. The van der Waals surface area contributed by atoms with E-state index in [1.807, 2.05) is 0 Å². The Morgan fingerprint density at radius 3 is 2.11 bits per heavy atom. The number of ether oxygens (including phenoxy) is 3. The first-order chi connectivity index (χ1) is 16.9. The van der Waals surface area contributed by atoms with E-state index in [9.17, 15) is 5.11 Å². The van der Waals surface area contributed by atoms with Crippen molar-refractivity contribution in [1.82, 2.24) is 0 Å². The van der Waals surface area contributed by atoms with Crippen molar-refractivity contribution in [3.8, 4) is 0 Å². The van der Waals surface area contributed by atoms with Crippen LogP contribution in [-0.2, 0) is 14.2 Å². The number of nitrogens with two attached hydrogens (primary N) is 3. The van der Waals surface area contributed by atoms with Gasteiger partial charge in [-0.25, -0.2) is 0 Å². The minimum Gasteiger partial charge on any atom is -0.392 e. The summed E-state index contributed by atoms with van der Waals surface area (Å²) in [5.41, 5.74) is 17.3. The minimum absolute atomic E-state index is 0.0802. The second-order valence-corrected chi connectivity index (χ2v) is 12.4. The number of fused-ring (bicyclic) bond motifs is 5. The van der Waals surface area contributed by atoms with Crippen LogP contribution in [0.4, 0.5) is 0 Å². The molecule has 0 radical (unpaired) electrons. The molecule has 4 saturated carbocycles. The molecule has 0 heterocycles. The van der Waals surface area contributed by atoms with E-state index < -0.39 is 0 Å². The molecule has 7 nitrogen and oxygen atoms in total. The Labute approximate surface area is 213 Å². The molecule has 4 rings (SSSR count). The van der Waals surface area contributed by atoms with Crippen LogP contribution in [0, 0.1) is 34.5 Å². The maximum absolute atomic E-state index is 11.2. The Kier molecular flexibility index (Phi) is 9.56. The van der Waals surface area contributed by atoms with Crippen LogP contribution in [-0.4, -0.2) is 69.0 Å². The third-order valence-electron chi connectivity index (χ3n) is 10.7. The first-order valence-electron chi connectivity index (χ1n) is 14.5. The molecule has 5 unspecified atom stereocenters. The summed E-state index contributed by atoms with van der Waals surface area (Å²) in [6.45, 7) is 9.01. The molecule has 35 heavy (non-hydrogen) atoms. The lowest BCUT2D eigenvalue weighted by Crippen LogP contribution is -2.63. The minimum atomic E-state index is -0.307. The third-order valence-corrected chi connectivity index (χ3v) is 10.7. The van der Waals surface area contributed by atoms with E-state index in [-0.39, 0.29) is 29.1 Å². The van der Waals surface area contributed by atoms with Crippen molar-refractivity contribution in [2.45, 2.75) is 102 Å². The fraction of sp³-hybridized carbons (Fsp3) is 1.00. The number of aliphatic hydroxyl groups excluding tert-OH is 1. The maximum Gasteiger partial charge on any atom is 0.0659 e. The van der Waals surface area contributed by atoms with Crippen LogP contribution in [0.1, 0.15) is 78.1 Å². The van der Waals surface area contributed by atoms with Gasteiger partial charge in [0.2, 0.25) is 0 Å². The molecular weight excluding hydrogens is 442 g/mol. The maximum atomic E-state index is 11.2. The van der Waals surface area contributed by atoms with Crippen molar-refractivity contribution in [1.29, 1.82) is 0 Å². The Bertz CT molecular complexity index is 668. The van der Waals surface area contributed by atoms with Gasteiger partial charge in [-0.2, -0.15) is 0 Å². The van der Waals surface area contributed by atoms with Crippen molar-refractivity contribution < 1.29 is 19.3 Å². The molecule has 204 valence electrons. The fourth-order valence-corrected chi connectivity index (χ4v) is 8.63. The van der Waals surface area contributed by atoms with Crippen LogP contribution in [0.5, 0.6) is 0 Å². The molecule has 7 N–H and O–H groups in total. The molecule has 0 aromatic rings. The van der Waals surface area contributed by atoms with Gasteiger partial charge in [-0.05, 0) is 113 Å². The number of hydrogen-bond acceptors (Lipinski definition) is 7. The van der Waals surface area contributed by atoms with E-state index in [2.05, 4.69) is 13.8 Å². The summed E-state index contributed by atoms with van der Waals surface area (Å²) in [7, 11) is 0. The predicted molar refractivity (Wildman–Crippen MR) is 139 cm³/mol. The highest BCUT2D eigenvalue weighted by molar-refractivity contribution is 5.15. The lowest BCUT2D eigenvalue weighted by molar-refractivity contribution is -0.230. The normalized spacial score (nSPS) is 45.1. The van der Waals surface area contributed by atoms with Crippen LogP contribution in [0.15, 0.2) is 0 Å². The first-order valence-corrected chi connectivity index (χ1v) is 14.5. The first kappa shape index (κ1) is 27.7. The molecule has 7 heteroatoms. The zero-order chi connectivity index (χ0) is 25.1. The van der Waals surface area contributed by atoms with Crippen LogP contribution >= 0.6 is 0 Å². The van der Waals surface area contributed by atoms with E-state index in [1.165, 1.54) is 6.42 Å². The molecule has 0 saturated heterocycles. The summed E-state index contributed by atoms with van der Waals surface area (Å²) in [5.74, 6) is 2.03. The third kappa shape index (κ3) is 5.34. The predicted octanol–water partition coefficient (Wildman–Crippen LogP) is 2.81. The average molecular weight is 496 g/mol. The summed E-state index contributed by atoms with van der Waals surface area (Å²) >= 11 is 0. The molecule has 4 aliphatic carbocycles. The van der Waals surface area contributed by atoms with E-state index in [0.717, 1.165) is 71.0 Å². The topological polar surface area (TPSA) is 126 Å². The van der Waals surface area contributed by atoms with Gasteiger partial charge in [0.1, 0.15) is 0 Å². The molecular formula is C28H53N3O4. The molecule has 0 amide bonds. The molecule has 0 spiro atoms. The van der Waals surface area contributed by atoms with Gasteiger partial charge in [-0.1, -0.05) is 13.8 Å². The standard InChI is InChI=1S/C28H53N3O4/c1-27-9-8-20(33-13-3-10-29)16-19(27)17-23(34-14-4-11-30)26-21-6-7-24(32)28(21,2)25(18-22(26)27)35-15-5-12-31/h19-26,32H,3-18,29-31H2,1-2H3/t19?,20-,21+,22+,23?,24?,25+,26?,27?,28-/m1/s1. The molecule has 0 aliphatic heterocycles. The van der Waals surface area contributed by atoms with Crippen LogP contribution in [0.3, 0.4) is 0 Å². The van der Waals surface area contributed by atoms with Gasteiger partial charge in [-0.15, -0.1) is 0 Å². The van der Waals surface area contributed by atoms with Gasteiger partial charge in [0.15, 0.2) is 0 Å². The van der Waals surface area contributed by atoms with Gasteiger partial charge in [0.05, 0.1) is 24.4 Å². The smallest absolute Gasteiger partial charge is 0.0659 e. The molecule has 10 atom stereocenters. The van der Waals surface area contributed by atoms with Gasteiger partial charge in [0, 0.05) is 25.2 Å². The van der Waals surface area contributed by atoms with Gasteiger partial charge in [-0.3, -0.25) is 0 Å². The molecule has 4 fully saturated rings. The summed E-state index contributed by atoms with van der Waals surface area (Å²) in [6.07, 6.45) is 10.5. The fourth-order valence-electron chi connectivity index (χ4n) is 8.63. The number of rotatable bonds is 12. The van der Waals surface area contributed by atoms with E-state index in [0.29, 0.717) is 56.0 Å². The monoisotopic (exact) mass is 495 g/mol. The highest BCUT2D eigenvalue weighted by atomic mass is 16.5.